The fraction of sp³-hybridized carbons (Fsp3) is 0.889. The van der Waals surface area contributed by atoms with E-state index in [-0.39, 0.29) is 0 Å². The average molecular weight is 140 g/mol. The number of hydrogen-bond acceptors (Lipinski definition) is 0. The van der Waals surface area contributed by atoms with E-state index in [9.17, 15) is 0 Å². The Morgan fingerprint density at radius 3 is 2.40 bits per heavy atom. The molecule has 0 spiro atoms. The normalized spacial score (nSPS) is 26.7. The fourth-order valence-corrected chi connectivity index (χ4v) is 1.83. The van der Waals surface area contributed by atoms with Crippen LogP contribution in [-0.2, 0) is 0 Å². The SMILES string of the molecule is CC1CCCCC1=[N+](C)C. The quantitative estimate of drug-likeness (QED) is 0.452. The second-order valence-electron chi connectivity index (χ2n) is 3.53. The molecule has 1 aliphatic rings. The van der Waals surface area contributed by atoms with Gasteiger partial charge in [-0.1, -0.05) is 13.3 Å². The molecular weight excluding hydrogens is 122 g/mol. The molecule has 0 aromatic heterocycles. The van der Waals surface area contributed by atoms with Crippen molar-refractivity contribution < 1.29 is 4.58 Å². The minimum Gasteiger partial charge on any atom is -0.242 e. The van der Waals surface area contributed by atoms with Crippen molar-refractivity contribution in [3.05, 3.63) is 0 Å². The second-order valence-corrected chi connectivity index (χ2v) is 3.53. The molecule has 58 valence electrons. The lowest BCUT2D eigenvalue weighted by Crippen LogP contribution is -2.24. The number of rotatable bonds is 0. The van der Waals surface area contributed by atoms with Crippen molar-refractivity contribution >= 4 is 5.71 Å². The minimum atomic E-state index is 0.837. The first-order chi connectivity index (χ1) is 4.72. The minimum absolute atomic E-state index is 0.837. The predicted octanol–water partition coefficient (Wildman–Crippen LogP) is 1.91. The second kappa shape index (κ2) is 3.18. The van der Waals surface area contributed by atoms with E-state index in [2.05, 4.69) is 25.6 Å². The standard InChI is InChI=1S/C9H18N/c1-8-6-4-5-7-9(8)10(2)3/h8H,4-7H2,1-3H3/q+1. The number of nitrogens with zero attached hydrogens (tertiary/aromatic N) is 1. The van der Waals surface area contributed by atoms with Crippen molar-refractivity contribution in [1.82, 2.24) is 0 Å². The Labute approximate surface area is 63.8 Å². The van der Waals surface area contributed by atoms with E-state index >= 15 is 0 Å². The van der Waals surface area contributed by atoms with Gasteiger partial charge >= 0.3 is 0 Å². The molecule has 0 amide bonds. The molecule has 0 radical (unpaired) electrons. The van der Waals surface area contributed by atoms with E-state index < -0.39 is 0 Å². The molecule has 0 aliphatic heterocycles. The first kappa shape index (κ1) is 7.77. The third kappa shape index (κ3) is 1.59. The molecule has 0 aromatic rings. The summed E-state index contributed by atoms with van der Waals surface area (Å²) in [5.41, 5.74) is 1.64. The van der Waals surface area contributed by atoms with Gasteiger partial charge in [0, 0.05) is 12.3 Å². The van der Waals surface area contributed by atoms with E-state index in [1.807, 2.05) is 0 Å². The Balaban J connectivity index is 2.65. The van der Waals surface area contributed by atoms with Gasteiger partial charge in [0.05, 0.1) is 0 Å². The highest BCUT2D eigenvalue weighted by Crippen LogP contribution is 2.20. The summed E-state index contributed by atoms with van der Waals surface area (Å²) in [5, 5.41) is 0. The molecular formula is C9H18N+. The zero-order valence-electron chi connectivity index (χ0n) is 7.35. The van der Waals surface area contributed by atoms with Crippen LogP contribution < -0.4 is 0 Å². The predicted molar refractivity (Wildman–Crippen MR) is 44.7 cm³/mol. The Bertz CT molecular complexity index is 143. The summed E-state index contributed by atoms with van der Waals surface area (Å²) in [6.45, 7) is 2.34. The molecule has 0 aromatic carbocycles. The number of hydrogen-bond donors (Lipinski definition) is 0. The van der Waals surface area contributed by atoms with Crippen molar-refractivity contribution in [3.63, 3.8) is 0 Å². The Morgan fingerprint density at radius 1 is 1.30 bits per heavy atom. The highest BCUT2D eigenvalue weighted by atomic mass is 14.9. The molecule has 0 N–H and O–H groups in total. The maximum atomic E-state index is 2.34. The Hall–Kier alpha value is -0.330. The van der Waals surface area contributed by atoms with Gasteiger partial charge in [0.1, 0.15) is 14.1 Å². The molecule has 1 rings (SSSR count). The molecule has 0 heterocycles. The molecule has 1 saturated carbocycles. The summed E-state index contributed by atoms with van der Waals surface area (Å²) < 4.78 is 2.30. The topological polar surface area (TPSA) is 3.01 Å². The molecule has 10 heavy (non-hydrogen) atoms. The molecule has 1 unspecified atom stereocenters. The van der Waals surface area contributed by atoms with Crippen LogP contribution in [0.15, 0.2) is 0 Å². The summed E-state index contributed by atoms with van der Waals surface area (Å²) in [5.74, 6) is 0.837. The summed E-state index contributed by atoms with van der Waals surface area (Å²) in [7, 11) is 4.33. The van der Waals surface area contributed by atoms with Crippen LogP contribution >= 0.6 is 0 Å². The highest BCUT2D eigenvalue weighted by Gasteiger charge is 2.20. The van der Waals surface area contributed by atoms with Gasteiger partial charge in [-0.15, -0.1) is 0 Å². The van der Waals surface area contributed by atoms with Crippen LogP contribution in [0.25, 0.3) is 0 Å². The summed E-state index contributed by atoms with van der Waals surface area (Å²) in [6.07, 6.45) is 5.55. The molecule has 1 nitrogen and oxygen atoms in total. The fourth-order valence-electron chi connectivity index (χ4n) is 1.83. The third-order valence-corrected chi connectivity index (χ3v) is 2.46. The van der Waals surface area contributed by atoms with Crippen LogP contribution in [0.5, 0.6) is 0 Å². The van der Waals surface area contributed by atoms with Crippen LogP contribution in [0.4, 0.5) is 0 Å². The molecule has 1 heteroatoms. The highest BCUT2D eigenvalue weighted by molar-refractivity contribution is 5.82. The summed E-state index contributed by atoms with van der Waals surface area (Å²) in [6, 6.07) is 0. The molecule has 1 fully saturated rings. The van der Waals surface area contributed by atoms with Gasteiger partial charge in [-0.3, -0.25) is 0 Å². The first-order valence-electron chi connectivity index (χ1n) is 4.25. The van der Waals surface area contributed by atoms with E-state index in [0.29, 0.717) is 0 Å². The van der Waals surface area contributed by atoms with Crippen molar-refractivity contribution in [1.29, 1.82) is 0 Å². The maximum absolute atomic E-state index is 2.34. The summed E-state index contributed by atoms with van der Waals surface area (Å²) in [4.78, 5) is 0. The monoisotopic (exact) mass is 140 g/mol. The molecule has 1 atom stereocenters. The lowest BCUT2D eigenvalue weighted by molar-refractivity contribution is -0.468. The van der Waals surface area contributed by atoms with Gasteiger partial charge in [0.25, 0.3) is 0 Å². The van der Waals surface area contributed by atoms with Crippen molar-refractivity contribution in [2.45, 2.75) is 32.6 Å². The average Bonchev–Trinajstić information content (AvgIpc) is 1.88. The van der Waals surface area contributed by atoms with Crippen LogP contribution in [0.1, 0.15) is 32.6 Å². The van der Waals surface area contributed by atoms with Crippen LogP contribution in [0.2, 0.25) is 0 Å². The molecule has 0 saturated heterocycles. The largest absolute Gasteiger partial charge is 0.242 e. The zero-order chi connectivity index (χ0) is 7.56. The lowest BCUT2D eigenvalue weighted by atomic mass is 9.88. The van der Waals surface area contributed by atoms with Crippen LogP contribution in [0.3, 0.4) is 0 Å². The van der Waals surface area contributed by atoms with E-state index in [1.165, 1.54) is 25.7 Å². The smallest absolute Gasteiger partial charge is 0.154 e. The Morgan fingerprint density at radius 2 is 2.00 bits per heavy atom. The van der Waals surface area contributed by atoms with Gasteiger partial charge in [-0.05, 0) is 12.8 Å². The molecule has 0 bridgehead atoms. The van der Waals surface area contributed by atoms with Gasteiger partial charge < -0.3 is 0 Å². The van der Waals surface area contributed by atoms with Crippen molar-refractivity contribution in [2.24, 2.45) is 5.92 Å². The first-order valence-corrected chi connectivity index (χ1v) is 4.25. The zero-order valence-corrected chi connectivity index (χ0v) is 7.35. The van der Waals surface area contributed by atoms with Crippen molar-refractivity contribution in [3.8, 4) is 0 Å². The van der Waals surface area contributed by atoms with Gasteiger partial charge in [-0.25, -0.2) is 4.58 Å². The van der Waals surface area contributed by atoms with E-state index in [0.717, 1.165) is 5.92 Å². The van der Waals surface area contributed by atoms with Crippen LogP contribution in [0, 0.1) is 5.92 Å². The maximum Gasteiger partial charge on any atom is 0.154 e. The lowest BCUT2D eigenvalue weighted by Gasteiger charge is -2.17. The Kier molecular flexibility index (Phi) is 2.47. The van der Waals surface area contributed by atoms with E-state index in [1.54, 1.807) is 5.71 Å². The van der Waals surface area contributed by atoms with Gasteiger partial charge in [0.2, 0.25) is 0 Å². The summed E-state index contributed by atoms with van der Waals surface area (Å²) >= 11 is 0. The van der Waals surface area contributed by atoms with Gasteiger partial charge in [-0.2, -0.15) is 0 Å². The third-order valence-electron chi connectivity index (χ3n) is 2.46. The van der Waals surface area contributed by atoms with Crippen molar-refractivity contribution in [2.75, 3.05) is 14.1 Å². The van der Waals surface area contributed by atoms with Gasteiger partial charge in [0.15, 0.2) is 5.71 Å². The van der Waals surface area contributed by atoms with E-state index in [4.69, 9.17) is 0 Å². The molecule has 1 aliphatic carbocycles. The van der Waals surface area contributed by atoms with Crippen LogP contribution in [-0.4, -0.2) is 24.4 Å².